The average Bonchev–Trinajstić information content (AvgIpc) is 2.62. The number of aliphatic hydroxyl groups is 1. The maximum absolute atomic E-state index is 10.1. The van der Waals surface area contributed by atoms with Gasteiger partial charge >= 0.3 is 0 Å². The molecule has 1 aromatic rings. The van der Waals surface area contributed by atoms with E-state index in [1.165, 1.54) is 0 Å². The van der Waals surface area contributed by atoms with Crippen LogP contribution in [0.3, 0.4) is 0 Å². The number of hydrogen-bond donors (Lipinski definition) is 1. The Morgan fingerprint density at radius 3 is 2.76 bits per heavy atom. The van der Waals surface area contributed by atoms with Crippen LogP contribution in [0.25, 0.3) is 0 Å². The van der Waals surface area contributed by atoms with Gasteiger partial charge in [0, 0.05) is 13.1 Å². The highest BCUT2D eigenvalue weighted by Gasteiger charge is 2.24. The van der Waals surface area contributed by atoms with E-state index in [2.05, 4.69) is 11.0 Å². The van der Waals surface area contributed by atoms with Gasteiger partial charge in [0.05, 0.1) is 18.1 Å². The lowest BCUT2D eigenvalue weighted by molar-refractivity contribution is 0.0442. The van der Waals surface area contributed by atoms with Crippen LogP contribution in [0.1, 0.15) is 31.7 Å². The van der Waals surface area contributed by atoms with Crippen molar-refractivity contribution in [1.82, 2.24) is 4.90 Å². The van der Waals surface area contributed by atoms with Crippen molar-refractivity contribution in [3.63, 3.8) is 0 Å². The number of rotatable bonds is 5. The molecular formula is C17H24N2O2. The van der Waals surface area contributed by atoms with Gasteiger partial charge in [0.25, 0.3) is 0 Å². The minimum atomic E-state index is -0.508. The lowest BCUT2D eigenvalue weighted by Gasteiger charge is -2.22. The maximum Gasteiger partial charge on any atom is 0.119 e. The quantitative estimate of drug-likeness (QED) is 0.903. The zero-order chi connectivity index (χ0) is 15.1. The summed E-state index contributed by atoms with van der Waals surface area (Å²) in [6, 6.07) is 9.83. The second kappa shape index (κ2) is 7.44. The van der Waals surface area contributed by atoms with Gasteiger partial charge in [-0.3, -0.25) is 4.90 Å². The molecule has 1 atom stereocenters. The van der Waals surface area contributed by atoms with Crippen molar-refractivity contribution in [2.24, 2.45) is 0 Å². The number of likely N-dealkylation sites (tertiary alicyclic amines) is 1. The van der Waals surface area contributed by atoms with E-state index in [0.717, 1.165) is 50.2 Å². The van der Waals surface area contributed by atoms with Crippen LogP contribution >= 0.6 is 0 Å². The summed E-state index contributed by atoms with van der Waals surface area (Å²) < 4.78 is 5.75. The second-order valence-corrected chi connectivity index (χ2v) is 6.02. The molecule has 114 valence electrons. The van der Waals surface area contributed by atoms with Crippen LogP contribution in [0.15, 0.2) is 24.3 Å². The highest BCUT2D eigenvalue weighted by molar-refractivity contribution is 5.28. The summed E-state index contributed by atoms with van der Waals surface area (Å²) in [5.41, 5.74) is 0.506. The zero-order valence-electron chi connectivity index (χ0n) is 12.7. The van der Waals surface area contributed by atoms with Crippen LogP contribution in [-0.4, -0.2) is 41.8 Å². The SMILES string of the molecule is CC1(O)CCCN(CCOc2ccc(CC#N)cc2)CC1. The molecule has 4 nitrogen and oxygen atoms in total. The first kappa shape index (κ1) is 15.8. The summed E-state index contributed by atoms with van der Waals surface area (Å²) in [5.74, 6) is 0.846. The summed E-state index contributed by atoms with van der Waals surface area (Å²) >= 11 is 0. The molecule has 2 rings (SSSR count). The molecule has 0 amide bonds. The highest BCUT2D eigenvalue weighted by Crippen LogP contribution is 2.21. The molecule has 1 aromatic carbocycles. The summed E-state index contributed by atoms with van der Waals surface area (Å²) in [7, 11) is 0. The predicted octanol–water partition coefficient (Wildman–Crippen LogP) is 2.37. The number of hydrogen-bond acceptors (Lipinski definition) is 4. The van der Waals surface area contributed by atoms with Crippen molar-refractivity contribution < 1.29 is 9.84 Å². The van der Waals surface area contributed by atoms with Crippen molar-refractivity contribution >= 4 is 0 Å². The fourth-order valence-corrected chi connectivity index (χ4v) is 2.63. The van der Waals surface area contributed by atoms with E-state index in [4.69, 9.17) is 10.00 Å². The summed E-state index contributed by atoms with van der Waals surface area (Å²) in [6.45, 7) is 5.42. The molecule has 1 unspecified atom stereocenters. The molecule has 0 saturated carbocycles. The van der Waals surface area contributed by atoms with Gasteiger partial charge < -0.3 is 9.84 Å². The van der Waals surface area contributed by atoms with Gasteiger partial charge in [0.15, 0.2) is 0 Å². The molecule has 1 saturated heterocycles. The third kappa shape index (κ3) is 5.37. The minimum Gasteiger partial charge on any atom is -0.492 e. The van der Waals surface area contributed by atoms with Crippen molar-refractivity contribution in [2.75, 3.05) is 26.2 Å². The molecule has 1 heterocycles. The topological polar surface area (TPSA) is 56.5 Å². The Hall–Kier alpha value is -1.57. The Morgan fingerprint density at radius 2 is 2.05 bits per heavy atom. The Labute approximate surface area is 127 Å². The normalized spacial score (nSPS) is 23.3. The Balaban J connectivity index is 1.73. The van der Waals surface area contributed by atoms with E-state index in [-0.39, 0.29) is 0 Å². The largest absolute Gasteiger partial charge is 0.492 e. The van der Waals surface area contributed by atoms with Crippen LogP contribution in [-0.2, 0) is 6.42 Å². The molecule has 21 heavy (non-hydrogen) atoms. The molecular weight excluding hydrogens is 264 g/mol. The molecule has 1 aliphatic heterocycles. The molecule has 4 heteroatoms. The first-order valence-electron chi connectivity index (χ1n) is 7.62. The Kier molecular flexibility index (Phi) is 5.60. The van der Waals surface area contributed by atoms with E-state index in [9.17, 15) is 5.11 Å². The standard InChI is InChI=1S/C17H24N2O2/c1-17(20)8-2-11-19(12-9-17)13-14-21-16-5-3-15(4-6-16)7-10-18/h3-6,20H,2,7-9,11-14H2,1H3. The molecule has 0 spiro atoms. The third-order valence-electron chi connectivity index (χ3n) is 4.04. The van der Waals surface area contributed by atoms with Crippen molar-refractivity contribution in [3.05, 3.63) is 29.8 Å². The third-order valence-corrected chi connectivity index (χ3v) is 4.04. The first-order valence-corrected chi connectivity index (χ1v) is 7.62. The summed E-state index contributed by atoms with van der Waals surface area (Å²) in [6.07, 6.45) is 3.18. The minimum absolute atomic E-state index is 0.438. The van der Waals surface area contributed by atoms with Gasteiger partial charge in [0.1, 0.15) is 12.4 Å². The van der Waals surface area contributed by atoms with Gasteiger partial charge in [0.2, 0.25) is 0 Å². The molecule has 0 bridgehead atoms. The Bertz CT molecular complexity index is 477. The number of ether oxygens (including phenoxy) is 1. The van der Waals surface area contributed by atoms with E-state index in [0.29, 0.717) is 13.0 Å². The first-order chi connectivity index (χ1) is 10.1. The molecule has 1 N–H and O–H groups in total. The van der Waals surface area contributed by atoms with Gasteiger partial charge in [-0.05, 0) is 50.4 Å². The summed E-state index contributed by atoms with van der Waals surface area (Å²) in [4.78, 5) is 2.35. The van der Waals surface area contributed by atoms with Gasteiger partial charge in [-0.25, -0.2) is 0 Å². The monoisotopic (exact) mass is 288 g/mol. The molecule has 0 aromatic heterocycles. The van der Waals surface area contributed by atoms with Crippen LogP contribution < -0.4 is 4.74 Å². The fraction of sp³-hybridized carbons (Fsp3) is 0.588. The van der Waals surface area contributed by atoms with Crippen molar-refractivity contribution in [1.29, 1.82) is 5.26 Å². The van der Waals surface area contributed by atoms with Crippen molar-refractivity contribution in [3.8, 4) is 11.8 Å². The predicted molar refractivity (Wildman–Crippen MR) is 82.2 cm³/mol. The van der Waals surface area contributed by atoms with E-state index < -0.39 is 5.60 Å². The highest BCUT2D eigenvalue weighted by atomic mass is 16.5. The molecule has 1 fully saturated rings. The second-order valence-electron chi connectivity index (χ2n) is 6.02. The van der Waals surface area contributed by atoms with Crippen molar-refractivity contribution in [2.45, 2.75) is 38.2 Å². The zero-order valence-corrected chi connectivity index (χ0v) is 12.7. The van der Waals surface area contributed by atoms with Crippen LogP contribution in [0.4, 0.5) is 0 Å². The lowest BCUT2D eigenvalue weighted by atomic mass is 9.98. The molecule has 0 aliphatic carbocycles. The summed E-state index contributed by atoms with van der Waals surface area (Å²) in [5, 5.41) is 18.7. The average molecular weight is 288 g/mol. The van der Waals surface area contributed by atoms with Gasteiger partial charge in [-0.1, -0.05) is 12.1 Å². The smallest absolute Gasteiger partial charge is 0.119 e. The van der Waals surface area contributed by atoms with Gasteiger partial charge in [-0.2, -0.15) is 5.26 Å². The molecule has 1 aliphatic rings. The van der Waals surface area contributed by atoms with Crippen LogP contribution in [0.2, 0.25) is 0 Å². The number of nitriles is 1. The van der Waals surface area contributed by atoms with E-state index in [1.54, 1.807) is 0 Å². The lowest BCUT2D eigenvalue weighted by Crippen LogP contribution is -2.31. The van der Waals surface area contributed by atoms with E-state index in [1.807, 2.05) is 31.2 Å². The van der Waals surface area contributed by atoms with Crippen LogP contribution in [0.5, 0.6) is 5.75 Å². The molecule has 0 radical (unpaired) electrons. The maximum atomic E-state index is 10.1. The Morgan fingerprint density at radius 1 is 1.29 bits per heavy atom. The number of nitrogens with zero attached hydrogens (tertiary/aromatic N) is 2. The van der Waals surface area contributed by atoms with Crippen LogP contribution in [0, 0.1) is 11.3 Å². The fourth-order valence-electron chi connectivity index (χ4n) is 2.63. The van der Waals surface area contributed by atoms with Gasteiger partial charge in [-0.15, -0.1) is 0 Å². The number of benzene rings is 1. The van der Waals surface area contributed by atoms with E-state index >= 15 is 0 Å².